The standard InChI is InChI=1S/C17H15FN2O/c1-17(2)8-15-13(16(21)9-17)5-6-20(15)12-3-4-14(18)11(7-12)10-19/h3-7H,8-9H2,1-2H3. The minimum Gasteiger partial charge on any atom is -0.320 e. The predicted octanol–water partition coefficient (Wildman–Crippen LogP) is 3.64. The molecule has 1 aliphatic rings. The zero-order valence-electron chi connectivity index (χ0n) is 12.0. The van der Waals surface area contributed by atoms with Gasteiger partial charge in [-0.25, -0.2) is 4.39 Å². The average Bonchev–Trinajstić information content (AvgIpc) is 2.82. The van der Waals surface area contributed by atoms with E-state index in [9.17, 15) is 9.18 Å². The van der Waals surface area contributed by atoms with E-state index in [0.717, 1.165) is 17.7 Å². The molecule has 0 unspecified atom stereocenters. The van der Waals surface area contributed by atoms with Gasteiger partial charge in [-0.05, 0) is 36.1 Å². The number of nitriles is 1. The molecule has 106 valence electrons. The summed E-state index contributed by atoms with van der Waals surface area (Å²) >= 11 is 0. The maximum Gasteiger partial charge on any atom is 0.165 e. The molecule has 3 rings (SSSR count). The van der Waals surface area contributed by atoms with Crippen LogP contribution in [0.2, 0.25) is 0 Å². The van der Waals surface area contributed by atoms with Crippen molar-refractivity contribution in [2.75, 3.05) is 0 Å². The number of aromatic nitrogens is 1. The fourth-order valence-electron chi connectivity index (χ4n) is 2.94. The van der Waals surface area contributed by atoms with Crippen molar-refractivity contribution in [1.29, 1.82) is 5.26 Å². The molecule has 0 fully saturated rings. The highest BCUT2D eigenvalue weighted by Gasteiger charge is 2.33. The molecule has 4 heteroatoms. The first-order valence-electron chi connectivity index (χ1n) is 6.85. The number of benzene rings is 1. The van der Waals surface area contributed by atoms with Crippen molar-refractivity contribution in [1.82, 2.24) is 4.57 Å². The summed E-state index contributed by atoms with van der Waals surface area (Å²) in [7, 11) is 0. The summed E-state index contributed by atoms with van der Waals surface area (Å²) in [5, 5.41) is 8.95. The Morgan fingerprint density at radius 3 is 2.76 bits per heavy atom. The minimum atomic E-state index is -0.529. The number of Topliss-reactive ketones (excluding diaryl/α,β-unsaturated/α-hetero) is 1. The lowest BCUT2D eigenvalue weighted by atomic mass is 9.76. The van der Waals surface area contributed by atoms with Gasteiger partial charge in [0, 0.05) is 29.6 Å². The normalized spacial score (nSPS) is 16.4. The molecule has 2 aromatic rings. The van der Waals surface area contributed by atoms with Gasteiger partial charge in [-0.15, -0.1) is 0 Å². The summed E-state index contributed by atoms with van der Waals surface area (Å²) < 4.78 is 15.3. The van der Waals surface area contributed by atoms with Crippen LogP contribution in [0.5, 0.6) is 0 Å². The molecule has 1 heterocycles. The van der Waals surface area contributed by atoms with E-state index in [4.69, 9.17) is 5.26 Å². The van der Waals surface area contributed by atoms with Crippen LogP contribution in [0.3, 0.4) is 0 Å². The molecule has 1 aliphatic carbocycles. The lowest BCUT2D eigenvalue weighted by molar-refractivity contribution is 0.0911. The van der Waals surface area contributed by atoms with Crippen LogP contribution in [0.1, 0.15) is 41.9 Å². The summed E-state index contributed by atoms with van der Waals surface area (Å²) in [5.41, 5.74) is 2.30. The van der Waals surface area contributed by atoms with Crippen LogP contribution in [0, 0.1) is 22.6 Å². The topological polar surface area (TPSA) is 45.8 Å². The van der Waals surface area contributed by atoms with Crippen LogP contribution in [-0.2, 0) is 6.42 Å². The molecule has 0 amide bonds. The predicted molar refractivity (Wildman–Crippen MR) is 76.9 cm³/mol. The lowest BCUT2D eigenvalue weighted by Crippen LogP contribution is -2.27. The Balaban J connectivity index is 2.14. The lowest BCUT2D eigenvalue weighted by Gasteiger charge is -2.29. The molecule has 0 aliphatic heterocycles. The molecule has 1 aromatic carbocycles. The highest BCUT2D eigenvalue weighted by atomic mass is 19.1. The maximum atomic E-state index is 13.4. The number of ketones is 1. The second kappa shape index (κ2) is 4.56. The van der Waals surface area contributed by atoms with E-state index < -0.39 is 5.82 Å². The minimum absolute atomic E-state index is 0.0105. The van der Waals surface area contributed by atoms with Gasteiger partial charge in [0.25, 0.3) is 0 Å². The molecule has 0 saturated heterocycles. The Bertz CT molecular complexity index is 781. The number of rotatable bonds is 1. The molecule has 0 radical (unpaired) electrons. The smallest absolute Gasteiger partial charge is 0.165 e. The van der Waals surface area contributed by atoms with Gasteiger partial charge in [0.1, 0.15) is 11.9 Å². The van der Waals surface area contributed by atoms with Crippen molar-refractivity contribution in [2.24, 2.45) is 5.41 Å². The van der Waals surface area contributed by atoms with E-state index in [0.29, 0.717) is 12.1 Å². The van der Waals surface area contributed by atoms with E-state index in [1.54, 1.807) is 6.07 Å². The van der Waals surface area contributed by atoms with Gasteiger partial charge >= 0.3 is 0 Å². The Kier molecular flexibility index (Phi) is 2.94. The molecular weight excluding hydrogens is 267 g/mol. The summed E-state index contributed by atoms with van der Waals surface area (Å²) in [6, 6.07) is 8.09. The van der Waals surface area contributed by atoms with Crippen LogP contribution in [0.4, 0.5) is 4.39 Å². The Morgan fingerprint density at radius 2 is 2.05 bits per heavy atom. The fourth-order valence-corrected chi connectivity index (χ4v) is 2.94. The highest BCUT2D eigenvalue weighted by molar-refractivity contribution is 5.99. The fraction of sp³-hybridized carbons (Fsp3) is 0.294. The quantitative estimate of drug-likeness (QED) is 0.801. The van der Waals surface area contributed by atoms with Crippen LogP contribution in [0.15, 0.2) is 30.5 Å². The molecular formula is C17H15FN2O. The van der Waals surface area contributed by atoms with Crippen molar-refractivity contribution in [3.8, 4) is 11.8 Å². The van der Waals surface area contributed by atoms with Crippen molar-refractivity contribution in [3.05, 3.63) is 53.1 Å². The van der Waals surface area contributed by atoms with E-state index in [-0.39, 0.29) is 16.8 Å². The van der Waals surface area contributed by atoms with Crippen molar-refractivity contribution in [3.63, 3.8) is 0 Å². The van der Waals surface area contributed by atoms with Gasteiger partial charge in [-0.1, -0.05) is 13.8 Å². The summed E-state index contributed by atoms with van der Waals surface area (Å²) in [6.07, 6.45) is 3.13. The first-order valence-corrected chi connectivity index (χ1v) is 6.85. The molecule has 0 bridgehead atoms. The maximum absolute atomic E-state index is 13.4. The van der Waals surface area contributed by atoms with Crippen molar-refractivity contribution < 1.29 is 9.18 Å². The molecule has 1 aromatic heterocycles. The largest absolute Gasteiger partial charge is 0.320 e. The number of hydrogen-bond donors (Lipinski definition) is 0. The van der Waals surface area contributed by atoms with Gasteiger partial charge in [-0.2, -0.15) is 5.26 Å². The molecule has 0 spiro atoms. The molecule has 0 atom stereocenters. The summed E-state index contributed by atoms with van der Waals surface area (Å²) in [6.45, 7) is 4.13. The molecule has 0 N–H and O–H groups in total. The number of hydrogen-bond acceptors (Lipinski definition) is 2. The number of carbonyl (C=O) groups excluding carboxylic acids is 1. The number of fused-ring (bicyclic) bond motifs is 1. The number of carbonyl (C=O) groups is 1. The second-order valence-electron chi connectivity index (χ2n) is 6.26. The number of halogens is 1. The first kappa shape index (κ1) is 13.6. The van der Waals surface area contributed by atoms with E-state index in [2.05, 4.69) is 13.8 Å². The van der Waals surface area contributed by atoms with Crippen LogP contribution in [-0.4, -0.2) is 10.4 Å². The monoisotopic (exact) mass is 282 g/mol. The van der Waals surface area contributed by atoms with Gasteiger partial charge in [-0.3, -0.25) is 4.79 Å². The highest BCUT2D eigenvalue weighted by Crippen LogP contribution is 2.36. The second-order valence-corrected chi connectivity index (χ2v) is 6.26. The van der Waals surface area contributed by atoms with Crippen molar-refractivity contribution >= 4 is 5.78 Å². The third kappa shape index (κ3) is 2.25. The first-order chi connectivity index (χ1) is 9.91. The molecule has 21 heavy (non-hydrogen) atoms. The Labute approximate surface area is 122 Å². The Hall–Kier alpha value is -2.41. The zero-order chi connectivity index (χ0) is 15.2. The summed E-state index contributed by atoms with van der Waals surface area (Å²) in [5.74, 6) is -0.388. The van der Waals surface area contributed by atoms with Crippen LogP contribution in [0.25, 0.3) is 5.69 Å². The molecule has 0 saturated carbocycles. The van der Waals surface area contributed by atoms with Crippen molar-refractivity contribution in [2.45, 2.75) is 26.7 Å². The van der Waals surface area contributed by atoms with E-state index >= 15 is 0 Å². The third-order valence-corrected chi connectivity index (χ3v) is 3.93. The SMILES string of the molecule is CC1(C)CC(=O)c2ccn(-c3ccc(F)c(C#N)c3)c2C1. The van der Waals surface area contributed by atoms with E-state index in [1.807, 2.05) is 22.9 Å². The third-order valence-electron chi connectivity index (χ3n) is 3.93. The molecule has 3 nitrogen and oxygen atoms in total. The zero-order valence-corrected chi connectivity index (χ0v) is 12.0. The van der Waals surface area contributed by atoms with Gasteiger partial charge in [0.15, 0.2) is 5.78 Å². The summed E-state index contributed by atoms with van der Waals surface area (Å²) in [4.78, 5) is 12.2. The number of nitrogens with zero attached hydrogens (tertiary/aromatic N) is 2. The van der Waals surface area contributed by atoms with Gasteiger partial charge in [0.05, 0.1) is 5.56 Å². The average molecular weight is 282 g/mol. The van der Waals surface area contributed by atoms with Gasteiger partial charge in [0.2, 0.25) is 0 Å². The van der Waals surface area contributed by atoms with Gasteiger partial charge < -0.3 is 4.57 Å². The van der Waals surface area contributed by atoms with Crippen LogP contribution < -0.4 is 0 Å². The Morgan fingerprint density at radius 1 is 1.29 bits per heavy atom. The van der Waals surface area contributed by atoms with E-state index in [1.165, 1.54) is 12.1 Å². The van der Waals surface area contributed by atoms with Crippen LogP contribution >= 0.6 is 0 Å².